The molecule has 1 atom stereocenters. The van der Waals surface area contributed by atoms with Crippen molar-refractivity contribution in [2.24, 2.45) is 5.92 Å². The van der Waals surface area contributed by atoms with Crippen LogP contribution in [0.25, 0.3) is 0 Å². The van der Waals surface area contributed by atoms with Gasteiger partial charge in [-0.2, -0.15) is 0 Å². The van der Waals surface area contributed by atoms with Gasteiger partial charge in [0.1, 0.15) is 5.60 Å². The number of hydrogen-bond donors (Lipinski definition) is 1. The molecule has 3 heteroatoms. The van der Waals surface area contributed by atoms with E-state index in [0.29, 0.717) is 13.2 Å². The molecule has 0 bridgehead atoms. The van der Waals surface area contributed by atoms with Crippen molar-refractivity contribution in [2.45, 2.75) is 63.6 Å². The quantitative estimate of drug-likeness (QED) is 0.785. The summed E-state index contributed by atoms with van der Waals surface area (Å²) in [4.78, 5) is 2.34. The molecule has 1 aliphatic heterocycles. The van der Waals surface area contributed by atoms with Gasteiger partial charge in [0.05, 0.1) is 12.7 Å². The van der Waals surface area contributed by atoms with Gasteiger partial charge in [0, 0.05) is 6.54 Å². The van der Waals surface area contributed by atoms with E-state index in [2.05, 4.69) is 17.7 Å². The highest BCUT2D eigenvalue weighted by molar-refractivity contribution is 5.09. The second kappa shape index (κ2) is 7.45. The molecule has 20 heavy (non-hydrogen) atoms. The second-order valence-electron chi connectivity index (χ2n) is 6.65. The van der Waals surface area contributed by atoms with E-state index in [0.717, 1.165) is 44.7 Å². The lowest BCUT2D eigenvalue weighted by Crippen LogP contribution is -2.42. The molecule has 1 saturated carbocycles. The molecule has 0 aromatic carbocycles. The van der Waals surface area contributed by atoms with Crippen LogP contribution in [0.4, 0.5) is 0 Å². The third-order valence-electron chi connectivity index (χ3n) is 4.82. The number of nitrogens with zero attached hydrogens (tertiary/aromatic N) is 1. The summed E-state index contributed by atoms with van der Waals surface area (Å²) in [5.74, 6) is 3.66. The van der Waals surface area contributed by atoms with Crippen LogP contribution >= 0.6 is 0 Å². The van der Waals surface area contributed by atoms with Gasteiger partial charge in [-0.15, -0.1) is 6.42 Å². The van der Waals surface area contributed by atoms with Crippen molar-refractivity contribution < 1.29 is 9.84 Å². The van der Waals surface area contributed by atoms with Gasteiger partial charge in [-0.1, -0.05) is 19.3 Å². The van der Waals surface area contributed by atoms with Gasteiger partial charge in [0.25, 0.3) is 0 Å². The maximum Gasteiger partial charge on any atom is 0.128 e. The minimum Gasteiger partial charge on any atom is -0.389 e. The number of aliphatic hydroxyl groups excluding tert-OH is 1. The standard InChI is InChI=1S/C17H29NO2/c1-3-17(9-5-4-6-10-17)20-14-16(19)13-18-11-7-15(2)8-12-18/h1,15-16,19H,4-14H2,2H3. The van der Waals surface area contributed by atoms with Crippen LogP contribution in [0, 0.1) is 18.3 Å². The van der Waals surface area contributed by atoms with Gasteiger partial charge in [-0.05, 0) is 57.5 Å². The van der Waals surface area contributed by atoms with Crippen LogP contribution in [0.2, 0.25) is 0 Å². The Morgan fingerprint density at radius 2 is 1.95 bits per heavy atom. The Hall–Kier alpha value is -0.560. The molecule has 0 radical (unpaired) electrons. The number of likely N-dealkylation sites (tertiary alicyclic amines) is 1. The number of ether oxygens (including phenoxy) is 1. The summed E-state index contributed by atoms with van der Waals surface area (Å²) in [5.41, 5.74) is -0.407. The summed E-state index contributed by atoms with van der Waals surface area (Å²) in [6.07, 6.45) is 13.1. The molecule has 0 aromatic heterocycles. The molecule has 114 valence electrons. The Morgan fingerprint density at radius 1 is 1.30 bits per heavy atom. The van der Waals surface area contributed by atoms with Gasteiger partial charge < -0.3 is 14.7 Å². The van der Waals surface area contributed by atoms with Gasteiger partial charge in [-0.25, -0.2) is 0 Å². The predicted molar refractivity (Wildman–Crippen MR) is 81.4 cm³/mol. The van der Waals surface area contributed by atoms with Crippen molar-refractivity contribution in [3.63, 3.8) is 0 Å². The smallest absolute Gasteiger partial charge is 0.128 e. The van der Waals surface area contributed by atoms with Gasteiger partial charge in [0.15, 0.2) is 0 Å². The molecule has 2 aliphatic rings. The summed E-state index contributed by atoms with van der Waals surface area (Å²) in [6.45, 7) is 5.58. The number of piperidine rings is 1. The summed E-state index contributed by atoms with van der Waals surface area (Å²) in [7, 11) is 0. The van der Waals surface area contributed by atoms with E-state index in [1.807, 2.05) is 0 Å². The Morgan fingerprint density at radius 3 is 2.55 bits per heavy atom. The Labute approximate surface area is 123 Å². The maximum atomic E-state index is 10.2. The molecule has 0 amide bonds. The SMILES string of the molecule is C#CC1(OCC(O)CN2CCC(C)CC2)CCCCC1. The first-order valence-electron chi connectivity index (χ1n) is 8.16. The number of terminal acetylenes is 1. The van der Waals surface area contributed by atoms with Crippen LogP contribution in [0.3, 0.4) is 0 Å². The lowest BCUT2D eigenvalue weighted by Gasteiger charge is -2.35. The first kappa shape index (κ1) is 15.8. The monoisotopic (exact) mass is 279 g/mol. The van der Waals surface area contributed by atoms with Crippen LogP contribution in [0.15, 0.2) is 0 Å². The van der Waals surface area contributed by atoms with E-state index < -0.39 is 11.7 Å². The molecule has 0 aromatic rings. The molecule has 2 fully saturated rings. The number of aliphatic hydroxyl groups is 1. The summed E-state index contributed by atoms with van der Waals surface area (Å²) >= 11 is 0. The van der Waals surface area contributed by atoms with Crippen molar-refractivity contribution in [1.29, 1.82) is 0 Å². The minimum atomic E-state index is -0.421. The molecular weight excluding hydrogens is 250 g/mol. The maximum absolute atomic E-state index is 10.2. The zero-order valence-corrected chi connectivity index (χ0v) is 12.8. The molecule has 1 saturated heterocycles. The summed E-state index contributed by atoms with van der Waals surface area (Å²) in [5, 5.41) is 10.2. The summed E-state index contributed by atoms with van der Waals surface area (Å²) < 4.78 is 5.93. The zero-order chi connectivity index (χ0) is 14.4. The van der Waals surface area contributed by atoms with E-state index in [4.69, 9.17) is 11.2 Å². The Balaban J connectivity index is 1.71. The Kier molecular flexibility index (Phi) is 5.89. The van der Waals surface area contributed by atoms with E-state index in [1.165, 1.54) is 19.3 Å². The predicted octanol–water partition coefficient (Wildman–Crippen LogP) is 2.43. The van der Waals surface area contributed by atoms with Crippen molar-refractivity contribution in [2.75, 3.05) is 26.2 Å². The third kappa shape index (κ3) is 4.48. The molecule has 3 nitrogen and oxygen atoms in total. The van der Waals surface area contributed by atoms with Crippen LogP contribution in [-0.4, -0.2) is 48.0 Å². The Bertz CT molecular complexity index is 322. The van der Waals surface area contributed by atoms with Crippen LogP contribution in [0.5, 0.6) is 0 Å². The molecule has 0 spiro atoms. The highest BCUT2D eigenvalue weighted by atomic mass is 16.5. The third-order valence-corrected chi connectivity index (χ3v) is 4.82. The molecule has 1 heterocycles. The van der Waals surface area contributed by atoms with Crippen molar-refractivity contribution in [1.82, 2.24) is 4.90 Å². The lowest BCUT2D eigenvalue weighted by atomic mass is 9.85. The minimum absolute atomic E-state index is 0.371. The van der Waals surface area contributed by atoms with Crippen LogP contribution in [0.1, 0.15) is 51.9 Å². The molecular formula is C17H29NO2. The van der Waals surface area contributed by atoms with E-state index in [1.54, 1.807) is 0 Å². The lowest BCUT2D eigenvalue weighted by molar-refractivity contribution is -0.0709. The normalized spacial score (nSPS) is 26.1. The zero-order valence-electron chi connectivity index (χ0n) is 12.8. The summed E-state index contributed by atoms with van der Waals surface area (Å²) in [6, 6.07) is 0. The molecule has 1 unspecified atom stereocenters. The number of hydrogen-bond acceptors (Lipinski definition) is 3. The highest BCUT2D eigenvalue weighted by Crippen LogP contribution is 2.31. The fraction of sp³-hybridized carbons (Fsp3) is 0.882. The van der Waals surface area contributed by atoms with Gasteiger partial charge in [0.2, 0.25) is 0 Å². The molecule has 1 aliphatic carbocycles. The number of rotatable bonds is 5. The van der Waals surface area contributed by atoms with Crippen molar-refractivity contribution >= 4 is 0 Å². The van der Waals surface area contributed by atoms with Crippen molar-refractivity contribution in [3.05, 3.63) is 0 Å². The molecule has 2 rings (SSSR count). The van der Waals surface area contributed by atoms with E-state index in [-0.39, 0.29) is 0 Å². The topological polar surface area (TPSA) is 32.7 Å². The average Bonchev–Trinajstić information content (AvgIpc) is 2.49. The first-order chi connectivity index (χ1) is 9.63. The van der Waals surface area contributed by atoms with Crippen LogP contribution < -0.4 is 0 Å². The van der Waals surface area contributed by atoms with Crippen molar-refractivity contribution in [3.8, 4) is 12.3 Å². The van der Waals surface area contributed by atoms with Crippen LogP contribution in [-0.2, 0) is 4.74 Å². The van der Waals surface area contributed by atoms with Gasteiger partial charge >= 0.3 is 0 Å². The van der Waals surface area contributed by atoms with E-state index in [9.17, 15) is 5.11 Å². The number of β-amino-alcohol motifs (C(OH)–C–C–N with tert-alkyl or cyclic N) is 1. The second-order valence-corrected chi connectivity index (χ2v) is 6.65. The van der Waals surface area contributed by atoms with E-state index >= 15 is 0 Å². The fourth-order valence-electron chi connectivity index (χ4n) is 3.30. The molecule has 1 N–H and O–H groups in total. The van der Waals surface area contributed by atoms with Gasteiger partial charge in [-0.3, -0.25) is 0 Å². The first-order valence-corrected chi connectivity index (χ1v) is 8.16. The highest BCUT2D eigenvalue weighted by Gasteiger charge is 2.31. The fourth-order valence-corrected chi connectivity index (χ4v) is 3.30. The average molecular weight is 279 g/mol. The largest absolute Gasteiger partial charge is 0.389 e.